The van der Waals surface area contributed by atoms with E-state index in [1.54, 1.807) is 0 Å². The molecular formula is C31H33Cl2N3O2. The molecular weight excluding hydrogens is 517 g/mol. The summed E-state index contributed by atoms with van der Waals surface area (Å²) in [5, 5.41) is 7.68. The van der Waals surface area contributed by atoms with E-state index < -0.39 is 5.41 Å². The van der Waals surface area contributed by atoms with Gasteiger partial charge in [-0.3, -0.25) is 9.59 Å². The largest absolute Gasteiger partial charge is 0.355 e. The van der Waals surface area contributed by atoms with Gasteiger partial charge < -0.3 is 15.5 Å². The quantitative estimate of drug-likeness (QED) is 0.403. The number of carbonyl (C=O) groups is 2. The highest BCUT2D eigenvalue weighted by Crippen LogP contribution is 2.41. The molecule has 7 heteroatoms. The number of nitrogens with zero attached hydrogens (tertiary/aromatic N) is 1. The maximum Gasteiger partial charge on any atom is 0.253 e. The summed E-state index contributed by atoms with van der Waals surface area (Å²) in [5.74, 6) is 0.0963. The average molecular weight is 551 g/mol. The Morgan fingerprint density at radius 2 is 1.53 bits per heavy atom. The fourth-order valence-corrected chi connectivity index (χ4v) is 6.36. The van der Waals surface area contributed by atoms with Crippen molar-refractivity contribution < 1.29 is 9.59 Å². The first-order chi connectivity index (χ1) is 18.4. The molecule has 0 aliphatic carbocycles. The van der Waals surface area contributed by atoms with Gasteiger partial charge in [-0.15, -0.1) is 0 Å². The minimum atomic E-state index is -0.533. The van der Waals surface area contributed by atoms with Crippen LogP contribution in [0.15, 0.2) is 78.9 Å². The van der Waals surface area contributed by atoms with E-state index in [2.05, 4.69) is 22.8 Å². The number of benzene rings is 3. The molecule has 2 heterocycles. The van der Waals surface area contributed by atoms with E-state index in [1.807, 2.05) is 71.6 Å². The summed E-state index contributed by atoms with van der Waals surface area (Å²) in [6.07, 6.45) is 3.01. The minimum Gasteiger partial charge on any atom is -0.355 e. The molecule has 2 fully saturated rings. The third-order valence-corrected chi connectivity index (χ3v) is 9.04. The van der Waals surface area contributed by atoms with Crippen LogP contribution in [0, 0.1) is 0 Å². The first-order valence-corrected chi connectivity index (χ1v) is 14.0. The number of amides is 2. The first-order valence-electron chi connectivity index (χ1n) is 13.3. The van der Waals surface area contributed by atoms with E-state index in [0.29, 0.717) is 41.7 Å². The van der Waals surface area contributed by atoms with Crippen molar-refractivity contribution in [1.82, 2.24) is 15.5 Å². The van der Waals surface area contributed by atoms with Gasteiger partial charge in [-0.25, -0.2) is 0 Å². The third-order valence-electron chi connectivity index (χ3n) is 8.30. The molecule has 0 saturated carbocycles. The maximum absolute atomic E-state index is 13.7. The molecule has 2 aliphatic heterocycles. The van der Waals surface area contributed by atoms with Crippen LogP contribution in [-0.2, 0) is 15.6 Å². The van der Waals surface area contributed by atoms with Gasteiger partial charge >= 0.3 is 0 Å². The van der Waals surface area contributed by atoms with E-state index in [4.69, 9.17) is 23.2 Å². The number of halogens is 2. The summed E-state index contributed by atoms with van der Waals surface area (Å²) in [4.78, 5) is 28.9. The van der Waals surface area contributed by atoms with Crippen LogP contribution in [-0.4, -0.2) is 49.4 Å². The molecule has 198 valence electrons. The summed E-state index contributed by atoms with van der Waals surface area (Å²) < 4.78 is 0. The third kappa shape index (κ3) is 5.33. The Morgan fingerprint density at radius 1 is 0.842 bits per heavy atom. The number of piperidine rings is 1. The fraction of sp³-hybridized carbons (Fsp3) is 0.355. The Bertz CT molecular complexity index is 1280. The highest BCUT2D eigenvalue weighted by atomic mass is 35.5. The Morgan fingerprint density at radius 3 is 2.21 bits per heavy atom. The molecule has 2 N–H and O–H groups in total. The zero-order valence-corrected chi connectivity index (χ0v) is 22.9. The van der Waals surface area contributed by atoms with Crippen molar-refractivity contribution in [3.05, 3.63) is 106 Å². The van der Waals surface area contributed by atoms with Gasteiger partial charge in [0.25, 0.3) is 5.91 Å². The summed E-state index contributed by atoms with van der Waals surface area (Å²) in [6.45, 7) is 3.33. The smallest absolute Gasteiger partial charge is 0.253 e. The van der Waals surface area contributed by atoms with Crippen LogP contribution in [0.25, 0.3) is 0 Å². The second-order valence-electron chi connectivity index (χ2n) is 10.5. The molecule has 2 saturated heterocycles. The highest BCUT2D eigenvalue weighted by molar-refractivity contribution is 6.42. The van der Waals surface area contributed by atoms with Gasteiger partial charge in [0.15, 0.2) is 0 Å². The molecule has 0 radical (unpaired) electrons. The lowest BCUT2D eigenvalue weighted by Gasteiger charge is -2.37. The Kier molecular flexibility index (Phi) is 8.08. The van der Waals surface area contributed by atoms with Crippen molar-refractivity contribution in [3.63, 3.8) is 0 Å². The van der Waals surface area contributed by atoms with Crippen molar-refractivity contribution in [3.8, 4) is 0 Å². The number of hydrogen-bond donors (Lipinski definition) is 2. The lowest BCUT2D eigenvalue weighted by molar-refractivity contribution is -0.127. The van der Waals surface area contributed by atoms with Crippen LogP contribution in [0.1, 0.15) is 47.2 Å². The Labute approximate surface area is 234 Å². The molecule has 2 amide bonds. The molecule has 1 unspecified atom stereocenters. The molecule has 3 aromatic carbocycles. The van der Waals surface area contributed by atoms with Crippen LogP contribution in [0.2, 0.25) is 10.0 Å². The van der Waals surface area contributed by atoms with Gasteiger partial charge in [0.2, 0.25) is 5.91 Å². The average Bonchev–Trinajstić information content (AvgIpc) is 3.40. The van der Waals surface area contributed by atoms with Crippen LogP contribution < -0.4 is 10.6 Å². The van der Waals surface area contributed by atoms with Crippen LogP contribution in [0.3, 0.4) is 0 Å². The summed E-state index contributed by atoms with van der Waals surface area (Å²) in [5.41, 5.74) is 1.93. The zero-order valence-electron chi connectivity index (χ0n) is 21.4. The molecule has 0 aromatic heterocycles. The SMILES string of the molecule is O=C(c1ccccc1)N1CCC(CCNC(=O)C2(c3ccccc3)CCNCC2)(c2ccc(Cl)c(Cl)c2)C1. The molecule has 0 spiro atoms. The predicted octanol–water partition coefficient (Wildman–Crippen LogP) is 5.61. The van der Waals surface area contributed by atoms with E-state index in [9.17, 15) is 9.59 Å². The molecule has 2 aliphatic rings. The summed E-state index contributed by atoms with van der Waals surface area (Å²) in [6, 6.07) is 25.2. The fourth-order valence-electron chi connectivity index (χ4n) is 6.06. The number of nitrogens with one attached hydrogen (secondary N) is 2. The second-order valence-corrected chi connectivity index (χ2v) is 11.3. The van der Waals surface area contributed by atoms with E-state index in [1.165, 1.54) is 0 Å². The van der Waals surface area contributed by atoms with Gasteiger partial charge in [-0.05, 0) is 74.2 Å². The lowest BCUT2D eigenvalue weighted by Crippen LogP contribution is -2.51. The van der Waals surface area contributed by atoms with Crippen molar-refractivity contribution in [2.45, 2.75) is 36.5 Å². The minimum absolute atomic E-state index is 0.0225. The predicted molar refractivity (Wildman–Crippen MR) is 153 cm³/mol. The van der Waals surface area contributed by atoms with Crippen LogP contribution in [0.5, 0.6) is 0 Å². The van der Waals surface area contributed by atoms with E-state index in [-0.39, 0.29) is 17.2 Å². The van der Waals surface area contributed by atoms with Crippen LogP contribution in [0.4, 0.5) is 0 Å². The van der Waals surface area contributed by atoms with Gasteiger partial charge in [0.05, 0.1) is 15.5 Å². The molecule has 0 bridgehead atoms. The molecule has 1 atom stereocenters. The maximum atomic E-state index is 13.7. The second kappa shape index (κ2) is 11.5. The number of hydrogen-bond acceptors (Lipinski definition) is 3. The Hall–Kier alpha value is -2.86. The van der Waals surface area contributed by atoms with Gasteiger partial charge in [-0.1, -0.05) is 77.8 Å². The van der Waals surface area contributed by atoms with Crippen molar-refractivity contribution in [1.29, 1.82) is 0 Å². The Balaban J connectivity index is 1.36. The highest BCUT2D eigenvalue weighted by Gasteiger charge is 2.43. The van der Waals surface area contributed by atoms with Crippen molar-refractivity contribution in [2.24, 2.45) is 0 Å². The first kappa shape index (κ1) is 26.7. The molecule has 3 aromatic rings. The number of likely N-dealkylation sites (tertiary alicyclic amines) is 1. The van der Waals surface area contributed by atoms with Crippen LogP contribution >= 0.6 is 23.2 Å². The normalized spacial score (nSPS) is 20.7. The monoisotopic (exact) mass is 549 g/mol. The van der Waals surface area contributed by atoms with Gasteiger partial charge in [0.1, 0.15) is 0 Å². The molecule has 38 heavy (non-hydrogen) atoms. The van der Waals surface area contributed by atoms with Crippen molar-refractivity contribution in [2.75, 3.05) is 32.7 Å². The molecule has 5 nitrogen and oxygen atoms in total. The van der Waals surface area contributed by atoms with Gasteiger partial charge in [-0.2, -0.15) is 0 Å². The standard InChI is InChI=1S/C31H33Cl2N3O2/c32-26-12-11-25(21-27(26)33)30(16-20-36(22-30)28(37)23-7-3-1-4-8-23)13-19-35-29(38)31(14-17-34-18-15-31)24-9-5-2-6-10-24/h1-12,21,34H,13-20,22H2,(H,35,38). The van der Waals surface area contributed by atoms with Crippen molar-refractivity contribution >= 4 is 35.0 Å². The van der Waals surface area contributed by atoms with Gasteiger partial charge in [0, 0.05) is 30.6 Å². The number of rotatable bonds is 7. The van der Waals surface area contributed by atoms with E-state index >= 15 is 0 Å². The topological polar surface area (TPSA) is 61.4 Å². The molecule has 5 rings (SSSR count). The zero-order chi connectivity index (χ0) is 26.6. The summed E-state index contributed by atoms with van der Waals surface area (Å²) >= 11 is 12.7. The van der Waals surface area contributed by atoms with E-state index in [0.717, 1.165) is 43.5 Å². The summed E-state index contributed by atoms with van der Waals surface area (Å²) in [7, 11) is 0. The number of carbonyl (C=O) groups excluding carboxylic acids is 2. The lowest BCUT2D eigenvalue weighted by atomic mass is 9.72.